The second-order valence-corrected chi connectivity index (χ2v) is 4.83. The third-order valence-corrected chi connectivity index (χ3v) is 3.39. The maximum absolute atomic E-state index is 12.0. The van der Waals surface area contributed by atoms with Gasteiger partial charge in [-0.15, -0.1) is 0 Å². The Morgan fingerprint density at radius 3 is 2.32 bits per heavy atom. The van der Waals surface area contributed by atoms with Crippen LogP contribution in [0.15, 0.2) is 12.3 Å². The van der Waals surface area contributed by atoms with Gasteiger partial charge in [0.15, 0.2) is 0 Å². The van der Waals surface area contributed by atoms with Crippen LogP contribution in [0.3, 0.4) is 0 Å². The summed E-state index contributed by atoms with van der Waals surface area (Å²) in [6.45, 7) is 2.21. The first kappa shape index (κ1) is 16.0. The van der Waals surface area contributed by atoms with E-state index in [0.717, 1.165) is 0 Å². The highest BCUT2D eigenvalue weighted by molar-refractivity contribution is 5.75. The molecule has 0 spiro atoms. The summed E-state index contributed by atoms with van der Waals surface area (Å²) < 4.78 is 10.0. The molecule has 19 heavy (non-hydrogen) atoms. The SMILES string of the molecule is COCCN(CCOC)C(=O)N/C=C/C1CCCC1. The van der Waals surface area contributed by atoms with Gasteiger partial charge in [-0.05, 0) is 18.8 Å². The van der Waals surface area contributed by atoms with Crippen molar-refractivity contribution >= 4 is 6.03 Å². The summed E-state index contributed by atoms with van der Waals surface area (Å²) in [5.74, 6) is 0.631. The van der Waals surface area contributed by atoms with E-state index in [9.17, 15) is 4.79 Å². The number of nitrogens with one attached hydrogen (secondary N) is 1. The first-order valence-electron chi connectivity index (χ1n) is 6.98. The summed E-state index contributed by atoms with van der Waals surface area (Å²) in [7, 11) is 3.26. The van der Waals surface area contributed by atoms with Gasteiger partial charge >= 0.3 is 6.03 Å². The fourth-order valence-electron chi connectivity index (χ4n) is 2.21. The van der Waals surface area contributed by atoms with Crippen molar-refractivity contribution in [3.05, 3.63) is 12.3 Å². The highest BCUT2D eigenvalue weighted by Gasteiger charge is 2.13. The van der Waals surface area contributed by atoms with Gasteiger partial charge in [-0.1, -0.05) is 18.9 Å². The van der Waals surface area contributed by atoms with Gasteiger partial charge in [-0.3, -0.25) is 0 Å². The van der Waals surface area contributed by atoms with Crippen LogP contribution in [0, 0.1) is 5.92 Å². The summed E-state index contributed by atoms with van der Waals surface area (Å²) in [5, 5.41) is 2.82. The van der Waals surface area contributed by atoms with E-state index in [1.807, 2.05) is 0 Å². The molecule has 1 fully saturated rings. The van der Waals surface area contributed by atoms with Crippen molar-refractivity contribution in [2.45, 2.75) is 25.7 Å². The standard InChI is InChI=1S/C14H26N2O3/c1-18-11-9-16(10-12-19-2)14(17)15-8-7-13-5-3-4-6-13/h7-8,13H,3-6,9-12H2,1-2H3,(H,15,17)/b8-7+. The third-order valence-electron chi connectivity index (χ3n) is 3.39. The number of hydrogen-bond acceptors (Lipinski definition) is 3. The summed E-state index contributed by atoms with van der Waals surface area (Å²) in [4.78, 5) is 13.7. The zero-order chi connectivity index (χ0) is 13.9. The molecule has 0 heterocycles. The van der Waals surface area contributed by atoms with Crippen LogP contribution in [-0.4, -0.2) is 51.5 Å². The predicted octanol–water partition coefficient (Wildman–Crippen LogP) is 1.99. The molecular formula is C14H26N2O3. The van der Waals surface area contributed by atoms with Gasteiger partial charge in [0.2, 0.25) is 0 Å². The van der Waals surface area contributed by atoms with Crippen LogP contribution in [0.25, 0.3) is 0 Å². The van der Waals surface area contributed by atoms with Crippen molar-refractivity contribution in [1.29, 1.82) is 0 Å². The molecule has 0 bridgehead atoms. The first-order valence-corrected chi connectivity index (χ1v) is 6.98. The minimum Gasteiger partial charge on any atom is -0.383 e. The monoisotopic (exact) mass is 270 g/mol. The molecule has 0 aliphatic heterocycles. The smallest absolute Gasteiger partial charge is 0.321 e. The van der Waals surface area contributed by atoms with Gasteiger partial charge in [0.1, 0.15) is 0 Å². The normalized spacial score (nSPS) is 16.1. The van der Waals surface area contributed by atoms with Gasteiger partial charge in [-0.2, -0.15) is 0 Å². The van der Waals surface area contributed by atoms with Gasteiger partial charge < -0.3 is 19.7 Å². The molecule has 0 aromatic heterocycles. The summed E-state index contributed by atoms with van der Waals surface area (Å²) >= 11 is 0. The molecule has 0 aromatic carbocycles. The lowest BCUT2D eigenvalue weighted by Gasteiger charge is -2.21. The minimum atomic E-state index is -0.0941. The predicted molar refractivity (Wildman–Crippen MR) is 75.0 cm³/mol. The van der Waals surface area contributed by atoms with Gasteiger partial charge in [0.25, 0.3) is 0 Å². The lowest BCUT2D eigenvalue weighted by atomic mass is 10.1. The molecule has 1 aliphatic carbocycles. The Bertz CT molecular complexity index is 268. The van der Waals surface area contributed by atoms with Crippen molar-refractivity contribution in [2.75, 3.05) is 40.5 Å². The number of rotatable bonds is 8. The molecule has 5 heteroatoms. The van der Waals surface area contributed by atoms with Crippen LogP contribution in [0.4, 0.5) is 4.79 Å². The number of carbonyl (C=O) groups is 1. The zero-order valence-electron chi connectivity index (χ0n) is 12.1. The fourth-order valence-corrected chi connectivity index (χ4v) is 2.21. The van der Waals surface area contributed by atoms with Gasteiger partial charge in [0.05, 0.1) is 13.2 Å². The molecule has 0 aromatic rings. The van der Waals surface area contributed by atoms with Gasteiger partial charge in [-0.25, -0.2) is 4.79 Å². The molecule has 0 saturated heterocycles. The van der Waals surface area contributed by atoms with Crippen molar-refractivity contribution in [2.24, 2.45) is 5.92 Å². The second kappa shape index (κ2) is 9.81. The van der Waals surface area contributed by atoms with Crippen molar-refractivity contribution in [1.82, 2.24) is 10.2 Å². The molecule has 0 atom stereocenters. The maximum Gasteiger partial charge on any atom is 0.321 e. The van der Waals surface area contributed by atoms with Crippen molar-refractivity contribution < 1.29 is 14.3 Å². The van der Waals surface area contributed by atoms with E-state index in [1.165, 1.54) is 25.7 Å². The Morgan fingerprint density at radius 2 is 1.79 bits per heavy atom. The lowest BCUT2D eigenvalue weighted by molar-refractivity contribution is 0.123. The lowest BCUT2D eigenvalue weighted by Crippen LogP contribution is -2.41. The third kappa shape index (κ3) is 6.59. The first-order chi connectivity index (χ1) is 9.27. The van der Waals surface area contributed by atoms with E-state index in [0.29, 0.717) is 32.2 Å². The second-order valence-electron chi connectivity index (χ2n) is 4.83. The van der Waals surface area contributed by atoms with E-state index < -0.39 is 0 Å². The van der Waals surface area contributed by atoms with E-state index in [4.69, 9.17) is 9.47 Å². The largest absolute Gasteiger partial charge is 0.383 e. The van der Waals surface area contributed by atoms with E-state index in [1.54, 1.807) is 25.3 Å². The van der Waals surface area contributed by atoms with Crippen LogP contribution >= 0.6 is 0 Å². The van der Waals surface area contributed by atoms with E-state index in [-0.39, 0.29) is 6.03 Å². The highest BCUT2D eigenvalue weighted by Crippen LogP contribution is 2.25. The van der Waals surface area contributed by atoms with Crippen LogP contribution in [0.2, 0.25) is 0 Å². The topological polar surface area (TPSA) is 50.8 Å². The Hall–Kier alpha value is -1.07. The number of nitrogens with zero attached hydrogens (tertiary/aromatic N) is 1. The highest BCUT2D eigenvalue weighted by atomic mass is 16.5. The Kier molecular flexibility index (Phi) is 8.25. The van der Waals surface area contributed by atoms with Crippen LogP contribution in [0.1, 0.15) is 25.7 Å². The van der Waals surface area contributed by atoms with Gasteiger partial charge in [0, 0.05) is 33.5 Å². The molecule has 0 unspecified atom stereocenters. The molecule has 5 nitrogen and oxygen atoms in total. The fraction of sp³-hybridized carbons (Fsp3) is 0.786. The number of ether oxygens (including phenoxy) is 2. The number of allylic oxidation sites excluding steroid dienone is 1. The van der Waals surface area contributed by atoms with Crippen LogP contribution in [0.5, 0.6) is 0 Å². The summed E-state index contributed by atoms with van der Waals surface area (Å²) in [5.41, 5.74) is 0. The van der Waals surface area contributed by atoms with E-state index in [2.05, 4.69) is 11.4 Å². The molecule has 110 valence electrons. The average Bonchev–Trinajstić information content (AvgIpc) is 2.92. The zero-order valence-corrected chi connectivity index (χ0v) is 12.1. The number of methoxy groups -OCH3 is 2. The van der Waals surface area contributed by atoms with Crippen molar-refractivity contribution in [3.63, 3.8) is 0 Å². The number of carbonyl (C=O) groups excluding carboxylic acids is 1. The molecule has 1 N–H and O–H groups in total. The molecule has 1 aliphatic rings. The summed E-state index contributed by atoms with van der Waals surface area (Å²) in [6, 6.07) is -0.0941. The van der Waals surface area contributed by atoms with E-state index >= 15 is 0 Å². The molecular weight excluding hydrogens is 244 g/mol. The van der Waals surface area contributed by atoms with Crippen molar-refractivity contribution in [3.8, 4) is 0 Å². The minimum absolute atomic E-state index is 0.0941. The number of hydrogen-bond donors (Lipinski definition) is 1. The number of amides is 2. The Morgan fingerprint density at radius 1 is 1.21 bits per heavy atom. The summed E-state index contributed by atoms with van der Waals surface area (Å²) in [6.07, 6.45) is 8.97. The average molecular weight is 270 g/mol. The Balaban J connectivity index is 2.32. The Labute approximate surface area is 115 Å². The molecule has 2 amide bonds. The quantitative estimate of drug-likeness (QED) is 0.734. The molecule has 1 saturated carbocycles. The van der Waals surface area contributed by atoms with Crippen LogP contribution < -0.4 is 5.32 Å². The molecule has 1 rings (SSSR count). The molecule has 0 radical (unpaired) electrons. The van der Waals surface area contributed by atoms with Crippen LogP contribution in [-0.2, 0) is 9.47 Å². The number of urea groups is 1. The maximum atomic E-state index is 12.0.